The summed E-state index contributed by atoms with van der Waals surface area (Å²) in [6.45, 7) is 9.04. The number of allylic oxidation sites excluding steroid dienone is 1. The summed E-state index contributed by atoms with van der Waals surface area (Å²) in [6.07, 6.45) is 2.48. The van der Waals surface area contributed by atoms with Gasteiger partial charge in [-0.2, -0.15) is 4.31 Å². The molecule has 0 bridgehead atoms. The molecule has 1 heterocycles. The van der Waals surface area contributed by atoms with E-state index < -0.39 is 10.0 Å². The van der Waals surface area contributed by atoms with Crippen molar-refractivity contribution in [3.8, 4) is 0 Å². The molecule has 0 aliphatic carbocycles. The zero-order valence-corrected chi connectivity index (χ0v) is 13.5. The molecule has 2 rings (SSSR count). The maximum absolute atomic E-state index is 12.8. The number of rotatable bonds is 4. The molecule has 2 atom stereocenters. The van der Waals surface area contributed by atoms with Gasteiger partial charge in [0.15, 0.2) is 0 Å². The van der Waals surface area contributed by atoms with Crippen molar-refractivity contribution >= 4 is 10.0 Å². The van der Waals surface area contributed by atoms with E-state index in [0.717, 1.165) is 12.0 Å². The lowest BCUT2D eigenvalue weighted by atomic mass is 10.1. The standard InChI is InChI=1S/C16H23NO3S/c1-4-5-15-11-17(10-14(3)20-12-15)21(18,19)16-8-6-13(2)7-9-16/h4,6-9,14-15H,1,5,10-12H2,2-3H3/t14-,15+/m0/s1. The summed E-state index contributed by atoms with van der Waals surface area (Å²) >= 11 is 0. The van der Waals surface area contributed by atoms with E-state index in [1.54, 1.807) is 16.4 Å². The summed E-state index contributed by atoms with van der Waals surface area (Å²) in [6, 6.07) is 6.99. The molecule has 21 heavy (non-hydrogen) atoms. The lowest BCUT2D eigenvalue weighted by Crippen LogP contribution is -2.37. The van der Waals surface area contributed by atoms with E-state index in [0.29, 0.717) is 24.6 Å². The first-order chi connectivity index (χ1) is 9.93. The second-order valence-corrected chi connectivity index (χ2v) is 7.61. The smallest absolute Gasteiger partial charge is 0.243 e. The lowest BCUT2D eigenvalue weighted by molar-refractivity contribution is 0.0591. The summed E-state index contributed by atoms with van der Waals surface area (Å²) in [5.41, 5.74) is 1.05. The molecule has 0 radical (unpaired) electrons. The van der Waals surface area contributed by atoms with Crippen LogP contribution in [0, 0.1) is 12.8 Å². The second kappa shape index (κ2) is 6.73. The number of ether oxygens (including phenoxy) is 1. The Morgan fingerprint density at radius 2 is 2.00 bits per heavy atom. The number of sulfonamides is 1. The van der Waals surface area contributed by atoms with E-state index in [2.05, 4.69) is 6.58 Å². The maximum atomic E-state index is 12.8. The van der Waals surface area contributed by atoms with Gasteiger partial charge >= 0.3 is 0 Å². The van der Waals surface area contributed by atoms with E-state index in [1.165, 1.54) is 0 Å². The summed E-state index contributed by atoms with van der Waals surface area (Å²) < 4.78 is 32.8. The van der Waals surface area contributed by atoms with Gasteiger partial charge < -0.3 is 4.74 Å². The fourth-order valence-electron chi connectivity index (χ4n) is 2.49. The molecule has 116 valence electrons. The largest absolute Gasteiger partial charge is 0.377 e. The first kappa shape index (κ1) is 16.2. The highest BCUT2D eigenvalue weighted by atomic mass is 32.2. The molecule has 1 fully saturated rings. The molecule has 1 aliphatic heterocycles. The SMILES string of the molecule is C=CC[C@H]1CO[C@@H](C)CN(S(=O)(=O)c2ccc(C)cc2)C1. The third kappa shape index (κ3) is 3.93. The molecule has 1 aromatic rings. The van der Waals surface area contributed by atoms with Crippen molar-refractivity contribution in [2.24, 2.45) is 5.92 Å². The Morgan fingerprint density at radius 1 is 1.33 bits per heavy atom. The van der Waals surface area contributed by atoms with Gasteiger partial charge in [0.05, 0.1) is 17.6 Å². The molecule has 0 N–H and O–H groups in total. The Kier molecular flexibility index (Phi) is 5.19. The average molecular weight is 309 g/mol. The van der Waals surface area contributed by atoms with Crippen molar-refractivity contribution in [2.45, 2.75) is 31.3 Å². The van der Waals surface area contributed by atoms with Gasteiger partial charge in [-0.15, -0.1) is 6.58 Å². The van der Waals surface area contributed by atoms with E-state index >= 15 is 0 Å². The van der Waals surface area contributed by atoms with Gasteiger partial charge in [0.2, 0.25) is 10.0 Å². The molecule has 0 saturated carbocycles. The predicted molar refractivity (Wildman–Crippen MR) is 83.7 cm³/mol. The second-order valence-electron chi connectivity index (χ2n) is 5.67. The van der Waals surface area contributed by atoms with Gasteiger partial charge in [0.1, 0.15) is 0 Å². The summed E-state index contributed by atoms with van der Waals surface area (Å²) in [7, 11) is -3.47. The zero-order valence-electron chi connectivity index (χ0n) is 12.7. The van der Waals surface area contributed by atoms with Crippen LogP contribution in [0.2, 0.25) is 0 Å². The van der Waals surface area contributed by atoms with Crippen LogP contribution in [-0.2, 0) is 14.8 Å². The van der Waals surface area contributed by atoms with Crippen LogP contribution >= 0.6 is 0 Å². The molecule has 1 saturated heterocycles. The van der Waals surface area contributed by atoms with Gasteiger partial charge in [-0.3, -0.25) is 0 Å². The number of hydrogen-bond donors (Lipinski definition) is 0. The van der Waals surface area contributed by atoms with Crippen molar-refractivity contribution in [3.63, 3.8) is 0 Å². The quantitative estimate of drug-likeness (QED) is 0.803. The maximum Gasteiger partial charge on any atom is 0.243 e. The van der Waals surface area contributed by atoms with Crippen molar-refractivity contribution in [1.82, 2.24) is 4.31 Å². The Morgan fingerprint density at radius 3 is 2.62 bits per heavy atom. The zero-order chi connectivity index (χ0) is 15.5. The van der Waals surface area contributed by atoms with E-state index in [1.807, 2.05) is 32.1 Å². The van der Waals surface area contributed by atoms with Crippen LogP contribution in [0.5, 0.6) is 0 Å². The molecular weight excluding hydrogens is 286 g/mol. The predicted octanol–water partition coefficient (Wildman–Crippen LogP) is 2.60. The minimum absolute atomic E-state index is 0.0972. The van der Waals surface area contributed by atoms with Gasteiger partial charge in [-0.25, -0.2) is 8.42 Å². The molecule has 0 aromatic heterocycles. The topological polar surface area (TPSA) is 46.6 Å². The van der Waals surface area contributed by atoms with Crippen LogP contribution in [-0.4, -0.2) is 38.5 Å². The highest BCUT2D eigenvalue weighted by molar-refractivity contribution is 7.89. The monoisotopic (exact) mass is 309 g/mol. The fraction of sp³-hybridized carbons (Fsp3) is 0.500. The fourth-order valence-corrected chi connectivity index (χ4v) is 4.08. The highest BCUT2D eigenvalue weighted by Gasteiger charge is 2.31. The van der Waals surface area contributed by atoms with Crippen LogP contribution in [0.4, 0.5) is 0 Å². The third-order valence-electron chi connectivity index (χ3n) is 3.70. The van der Waals surface area contributed by atoms with Crippen molar-refractivity contribution < 1.29 is 13.2 Å². The van der Waals surface area contributed by atoms with Gasteiger partial charge in [-0.05, 0) is 38.3 Å². The Labute approximate surface area is 127 Å². The normalized spacial score (nSPS) is 24.5. The van der Waals surface area contributed by atoms with Crippen LogP contribution in [0.3, 0.4) is 0 Å². The van der Waals surface area contributed by atoms with E-state index in [9.17, 15) is 8.42 Å². The summed E-state index contributed by atoms with van der Waals surface area (Å²) in [5.74, 6) is 0.160. The number of hydrogen-bond acceptors (Lipinski definition) is 3. The van der Waals surface area contributed by atoms with Crippen molar-refractivity contribution in [2.75, 3.05) is 19.7 Å². The highest BCUT2D eigenvalue weighted by Crippen LogP contribution is 2.22. The molecule has 0 unspecified atom stereocenters. The summed E-state index contributed by atoms with van der Waals surface area (Å²) in [4.78, 5) is 0.347. The number of benzene rings is 1. The van der Waals surface area contributed by atoms with Crippen LogP contribution in [0.25, 0.3) is 0 Å². The molecule has 1 aliphatic rings. The molecule has 4 nitrogen and oxygen atoms in total. The molecule has 1 aromatic carbocycles. The van der Waals surface area contributed by atoms with Crippen LogP contribution in [0.15, 0.2) is 41.8 Å². The van der Waals surface area contributed by atoms with Crippen LogP contribution in [0.1, 0.15) is 18.9 Å². The number of nitrogens with zero attached hydrogens (tertiary/aromatic N) is 1. The van der Waals surface area contributed by atoms with Gasteiger partial charge in [-0.1, -0.05) is 23.8 Å². The molecule has 0 amide bonds. The molecule has 0 spiro atoms. The van der Waals surface area contributed by atoms with Crippen molar-refractivity contribution in [1.29, 1.82) is 0 Å². The molecule has 5 heteroatoms. The summed E-state index contributed by atoms with van der Waals surface area (Å²) in [5, 5.41) is 0. The van der Waals surface area contributed by atoms with Gasteiger partial charge in [0.25, 0.3) is 0 Å². The molecular formula is C16H23NO3S. The van der Waals surface area contributed by atoms with E-state index in [4.69, 9.17) is 4.74 Å². The van der Waals surface area contributed by atoms with Crippen LogP contribution < -0.4 is 0 Å². The van der Waals surface area contributed by atoms with E-state index in [-0.39, 0.29) is 12.0 Å². The minimum Gasteiger partial charge on any atom is -0.377 e. The Bertz CT molecular complexity index is 580. The minimum atomic E-state index is -3.47. The third-order valence-corrected chi connectivity index (χ3v) is 5.54. The first-order valence-electron chi connectivity index (χ1n) is 7.23. The van der Waals surface area contributed by atoms with Gasteiger partial charge in [0, 0.05) is 13.1 Å². The van der Waals surface area contributed by atoms with Crippen molar-refractivity contribution in [3.05, 3.63) is 42.5 Å². The average Bonchev–Trinajstić information content (AvgIpc) is 2.62. The first-order valence-corrected chi connectivity index (χ1v) is 8.67. The Hall–Kier alpha value is -1.17. The lowest BCUT2D eigenvalue weighted by Gasteiger charge is -2.23. The number of aryl methyl sites for hydroxylation is 1. The Balaban J connectivity index is 2.27.